The van der Waals surface area contributed by atoms with Gasteiger partial charge in [-0.15, -0.1) is 0 Å². The molecule has 2 heteroatoms. The van der Waals surface area contributed by atoms with Gasteiger partial charge < -0.3 is 0 Å². The van der Waals surface area contributed by atoms with Crippen LogP contribution in [-0.2, 0) is 6.37 Å². The number of fused-ring (bicyclic) bond motifs is 4. The van der Waals surface area contributed by atoms with Crippen LogP contribution in [0.2, 0.25) is 0 Å². The Bertz CT molecular complexity index is 2780. The standard InChI is InChI=1S/C39H28N2/c1-2-37-40-34-20-10-12-22-36(34)41(37)35-21-11-9-19-33(35)39-31-17-7-5-15-29(31)38(30-16-6-8-18-32(30)39)28-24-23-26-13-3-4-14-27(26)25-28/h3-25H,2H2,1H3/i1D3,2D2,3D,4D,13D,14D,23D,24D,25D. The highest BCUT2D eigenvalue weighted by Crippen LogP contribution is 2.45. The van der Waals surface area contributed by atoms with Gasteiger partial charge in [-0.2, -0.15) is 0 Å². The molecule has 0 N–H and O–H groups in total. The topological polar surface area (TPSA) is 17.8 Å². The average Bonchev–Trinajstić information content (AvgIpc) is 3.54. The zero-order valence-corrected chi connectivity index (χ0v) is 21.6. The van der Waals surface area contributed by atoms with Gasteiger partial charge in [0.15, 0.2) is 0 Å². The summed E-state index contributed by atoms with van der Waals surface area (Å²) < 4.78 is 105. The summed E-state index contributed by atoms with van der Waals surface area (Å²) in [6, 6.07) is 25.9. The van der Waals surface area contributed by atoms with Gasteiger partial charge in [0.2, 0.25) is 0 Å². The molecule has 0 saturated heterocycles. The molecule has 0 fully saturated rings. The fraction of sp³-hybridized carbons (Fsp3) is 0.0513. The first-order valence-corrected chi connectivity index (χ1v) is 13.2. The van der Waals surface area contributed by atoms with E-state index >= 15 is 0 Å². The summed E-state index contributed by atoms with van der Waals surface area (Å²) in [4.78, 5) is 4.53. The maximum atomic E-state index is 9.38. The van der Waals surface area contributed by atoms with Gasteiger partial charge in [-0.05, 0) is 73.2 Å². The number of rotatable bonds is 4. The molecule has 0 amide bonds. The van der Waals surface area contributed by atoms with Gasteiger partial charge in [-0.1, -0.05) is 122 Å². The molecule has 0 aliphatic carbocycles. The fourth-order valence-corrected chi connectivity index (χ4v) is 5.83. The number of imidazole rings is 1. The lowest BCUT2D eigenvalue weighted by atomic mass is 9.85. The largest absolute Gasteiger partial charge is 0.296 e. The van der Waals surface area contributed by atoms with E-state index in [4.69, 9.17) is 13.7 Å². The Labute approximate surface area is 256 Å². The van der Waals surface area contributed by atoms with Crippen molar-refractivity contribution in [3.05, 3.63) is 145 Å². The van der Waals surface area contributed by atoms with Crippen LogP contribution in [-0.4, -0.2) is 9.55 Å². The van der Waals surface area contributed by atoms with Crippen LogP contribution < -0.4 is 0 Å². The molecule has 7 aromatic carbocycles. The Balaban J connectivity index is 1.52. The van der Waals surface area contributed by atoms with Crippen LogP contribution in [0.15, 0.2) is 139 Å². The third-order valence-corrected chi connectivity index (χ3v) is 7.52. The first-order chi connectivity index (χ1) is 25.2. The van der Waals surface area contributed by atoms with Crippen LogP contribution in [0.3, 0.4) is 0 Å². The number of nitrogens with zero attached hydrogens (tertiary/aromatic N) is 2. The van der Waals surface area contributed by atoms with E-state index in [1.54, 1.807) is 41.0 Å². The number of benzene rings is 7. The molecule has 0 spiro atoms. The molecule has 0 aliphatic rings. The van der Waals surface area contributed by atoms with Gasteiger partial charge in [0, 0.05) is 18.8 Å². The van der Waals surface area contributed by atoms with Crippen LogP contribution in [0.25, 0.3) is 71.3 Å². The number of aryl methyl sites for hydroxylation is 1. The van der Waals surface area contributed by atoms with E-state index < -0.39 is 43.4 Å². The lowest BCUT2D eigenvalue weighted by Crippen LogP contribution is -2.03. The second-order valence-corrected chi connectivity index (χ2v) is 9.74. The molecule has 41 heavy (non-hydrogen) atoms. The minimum absolute atomic E-state index is 0.0496. The second kappa shape index (κ2) is 9.46. The molecular weight excluding hydrogens is 496 g/mol. The third-order valence-electron chi connectivity index (χ3n) is 7.52. The van der Waals surface area contributed by atoms with Gasteiger partial charge in [0.05, 0.1) is 26.3 Å². The summed E-state index contributed by atoms with van der Waals surface area (Å²) in [5.41, 5.74) is 3.24. The maximum absolute atomic E-state index is 9.38. The Morgan fingerprint density at radius 1 is 0.683 bits per heavy atom. The molecule has 0 unspecified atom stereocenters. The van der Waals surface area contributed by atoms with Crippen LogP contribution in [0.1, 0.15) is 29.1 Å². The molecule has 0 aliphatic heterocycles. The molecule has 0 bridgehead atoms. The van der Waals surface area contributed by atoms with E-state index in [0.717, 1.165) is 0 Å². The van der Waals surface area contributed by atoms with Crippen LogP contribution in [0.5, 0.6) is 0 Å². The van der Waals surface area contributed by atoms with Crippen LogP contribution in [0, 0.1) is 0 Å². The monoisotopic (exact) mass is 536 g/mol. The quantitative estimate of drug-likeness (QED) is 0.205. The number of aromatic nitrogens is 2. The van der Waals surface area contributed by atoms with Crippen molar-refractivity contribution in [2.75, 3.05) is 0 Å². The second-order valence-electron chi connectivity index (χ2n) is 9.74. The molecule has 0 saturated carbocycles. The molecule has 2 nitrogen and oxygen atoms in total. The molecule has 8 aromatic rings. The highest BCUT2D eigenvalue weighted by molar-refractivity contribution is 6.22. The minimum Gasteiger partial charge on any atom is -0.296 e. The van der Waals surface area contributed by atoms with Gasteiger partial charge >= 0.3 is 0 Å². The predicted octanol–water partition coefficient (Wildman–Crippen LogP) is 10.4. The molecular formula is C39H28N2. The van der Waals surface area contributed by atoms with Crippen molar-refractivity contribution >= 4 is 43.4 Å². The van der Waals surface area contributed by atoms with Gasteiger partial charge in [0.1, 0.15) is 5.82 Å². The summed E-state index contributed by atoms with van der Waals surface area (Å²) in [7, 11) is 0. The Kier molecular flexibility index (Phi) is 3.33. The van der Waals surface area contributed by atoms with E-state index in [-0.39, 0.29) is 34.2 Å². The summed E-state index contributed by atoms with van der Waals surface area (Å²) in [6.07, 6.45) is -2.83. The highest BCUT2D eigenvalue weighted by Gasteiger charge is 2.20. The summed E-state index contributed by atoms with van der Waals surface area (Å²) in [5.74, 6) is -0.280. The number of para-hydroxylation sites is 3. The maximum Gasteiger partial charge on any atom is 0.114 e. The van der Waals surface area contributed by atoms with E-state index in [0.29, 0.717) is 55.0 Å². The van der Waals surface area contributed by atoms with Crippen LogP contribution >= 0.6 is 0 Å². The minimum atomic E-state index is -3.04. The van der Waals surface area contributed by atoms with E-state index in [2.05, 4.69) is 4.98 Å². The molecule has 0 atom stereocenters. The van der Waals surface area contributed by atoms with Gasteiger partial charge in [-0.3, -0.25) is 4.57 Å². The van der Waals surface area contributed by atoms with Crippen molar-refractivity contribution in [2.24, 2.45) is 0 Å². The summed E-state index contributed by atoms with van der Waals surface area (Å²) in [5, 5.41) is 2.24. The predicted molar refractivity (Wildman–Crippen MR) is 174 cm³/mol. The Hall–Kier alpha value is -5.21. The molecule has 1 heterocycles. The summed E-state index contributed by atoms with van der Waals surface area (Å²) in [6.45, 7) is -3.04. The van der Waals surface area contributed by atoms with E-state index in [1.165, 1.54) is 0 Å². The molecule has 1 aromatic heterocycles. The van der Waals surface area contributed by atoms with Gasteiger partial charge in [-0.25, -0.2) is 4.98 Å². The average molecular weight is 537 g/mol. The smallest absolute Gasteiger partial charge is 0.114 e. The fourth-order valence-electron chi connectivity index (χ4n) is 5.83. The van der Waals surface area contributed by atoms with Crippen LogP contribution in [0.4, 0.5) is 0 Å². The van der Waals surface area contributed by atoms with Crippen molar-refractivity contribution in [2.45, 2.75) is 13.2 Å². The molecule has 194 valence electrons. The molecule has 8 rings (SSSR count). The number of hydrogen-bond donors (Lipinski definition) is 0. The van der Waals surface area contributed by atoms with Gasteiger partial charge in [0.25, 0.3) is 0 Å². The Morgan fingerprint density at radius 2 is 1.32 bits per heavy atom. The van der Waals surface area contributed by atoms with Crippen molar-refractivity contribution in [1.82, 2.24) is 9.55 Å². The number of hydrogen-bond acceptors (Lipinski definition) is 1. The SMILES string of the molecule is [2H]c1c([2H])c([2H])c2c([2H])c(-c3c4ccccc4c(-c4ccccc4-n4c(C([2H])([2H])C([2H])([2H])[2H])nc5ccccc54)c4ccccc34)c([2H])c([2H])c2c1[2H]. The third kappa shape index (κ3) is 3.68. The zero-order valence-electron chi connectivity index (χ0n) is 33.6. The first-order valence-electron chi connectivity index (χ1n) is 19.2. The lowest BCUT2D eigenvalue weighted by molar-refractivity contribution is 0.909. The van der Waals surface area contributed by atoms with Crippen molar-refractivity contribution in [1.29, 1.82) is 0 Å². The lowest BCUT2D eigenvalue weighted by Gasteiger charge is -2.20. The van der Waals surface area contributed by atoms with Crippen molar-refractivity contribution < 1.29 is 16.4 Å². The van der Waals surface area contributed by atoms with E-state index in [1.807, 2.05) is 60.7 Å². The first kappa shape index (κ1) is 14.4. The van der Waals surface area contributed by atoms with Crippen molar-refractivity contribution in [3.63, 3.8) is 0 Å². The molecule has 0 radical (unpaired) electrons. The summed E-state index contributed by atoms with van der Waals surface area (Å²) >= 11 is 0. The normalized spacial score (nSPS) is 16.5. The zero-order chi connectivity index (χ0) is 37.7. The van der Waals surface area contributed by atoms with E-state index in [9.17, 15) is 2.74 Å². The van der Waals surface area contributed by atoms with Crippen molar-refractivity contribution in [3.8, 4) is 27.9 Å². The Morgan fingerprint density at radius 3 is 2.07 bits per heavy atom. The highest BCUT2D eigenvalue weighted by atomic mass is 15.1.